The molecule has 0 saturated heterocycles. The third-order valence-electron chi connectivity index (χ3n) is 1.61. The lowest BCUT2D eigenvalue weighted by atomic mass is 10.2. The molecule has 11 heavy (non-hydrogen) atoms. The number of nitrogens with zero attached hydrogens (tertiary/aromatic N) is 1. The molecule has 0 aromatic heterocycles. The van der Waals surface area contributed by atoms with E-state index in [2.05, 4.69) is 6.92 Å². The van der Waals surface area contributed by atoms with Gasteiger partial charge in [0.05, 0.1) is 0 Å². The van der Waals surface area contributed by atoms with Gasteiger partial charge in [-0.1, -0.05) is 26.2 Å². The van der Waals surface area contributed by atoms with Crippen molar-refractivity contribution in [1.29, 1.82) is 0 Å². The molecule has 0 aliphatic heterocycles. The van der Waals surface area contributed by atoms with E-state index in [1.54, 1.807) is 7.05 Å². The summed E-state index contributed by atoms with van der Waals surface area (Å²) >= 11 is 0. The number of hydrogen-bond donors (Lipinski definition) is 1. The van der Waals surface area contributed by atoms with Gasteiger partial charge in [0.1, 0.15) is 0 Å². The van der Waals surface area contributed by atoms with Crippen molar-refractivity contribution in [3.63, 3.8) is 0 Å². The van der Waals surface area contributed by atoms with Crippen LogP contribution < -0.4 is 0 Å². The summed E-state index contributed by atoms with van der Waals surface area (Å²) in [4.78, 5) is 0. The predicted octanol–water partition coefficient (Wildman–Crippen LogP) is 1.02. The minimum Gasteiger partial charge on any atom is -0.215 e. The summed E-state index contributed by atoms with van der Waals surface area (Å²) < 4.78 is 22.0. The second-order valence-corrected chi connectivity index (χ2v) is 3.84. The highest BCUT2D eigenvalue weighted by Crippen LogP contribution is 1.99. The molecule has 3 nitrogen and oxygen atoms in total. The first-order valence-corrected chi connectivity index (χ1v) is 5.17. The molecule has 0 aliphatic rings. The molecule has 0 fully saturated rings. The van der Waals surface area contributed by atoms with Crippen LogP contribution in [-0.4, -0.2) is 26.3 Å². The predicted molar refractivity (Wildman–Crippen MR) is 47.1 cm³/mol. The van der Waals surface area contributed by atoms with Crippen molar-refractivity contribution in [3.05, 3.63) is 0 Å². The quantitative estimate of drug-likeness (QED) is 0.488. The van der Waals surface area contributed by atoms with E-state index in [0.717, 1.165) is 12.8 Å². The summed E-state index contributed by atoms with van der Waals surface area (Å²) in [6, 6.07) is 0. The molecule has 0 aliphatic carbocycles. The van der Waals surface area contributed by atoms with Crippen LogP contribution >= 0.6 is 0 Å². The summed E-state index contributed by atoms with van der Waals surface area (Å²) in [5, 5.41) is 0. The van der Waals surface area contributed by atoms with E-state index >= 15 is 0 Å². The number of thiol groups is 1. The summed E-state index contributed by atoms with van der Waals surface area (Å²) in [5.41, 5.74) is 0. The van der Waals surface area contributed by atoms with E-state index < -0.39 is 10.9 Å². The van der Waals surface area contributed by atoms with Crippen LogP contribution in [0.4, 0.5) is 0 Å². The highest BCUT2D eigenvalue weighted by Gasteiger charge is 1.97. The van der Waals surface area contributed by atoms with Crippen LogP contribution in [0.5, 0.6) is 0 Å². The van der Waals surface area contributed by atoms with Crippen LogP contribution in [0.1, 0.15) is 32.6 Å². The Kier molecular flexibility index (Phi) is 6.56. The molecule has 0 spiro atoms. The molecule has 0 aromatic rings. The Morgan fingerprint density at radius 1 is 1.18 bits per heavy atom. The van der Waals surface area contributed by atoms with Gasteiger partial charge in [-0.3, -0.25) is 0 Å². The van der Waals surface area contributed by atoms with E-state index in [-0.39, 0.29) is 0 Å². The molecular formula is C7H17NO2S. The second-order valence-electron chi connectivity index (χ2n) is 2.68. The fraction of sp³-hybridized carbons (Fsp3) is 1.00. The first-order valence-electron chi connectivity index (χ1n) is 4.04. The SMILES string of the molecule is CCCCCCN(C)[SH](=O)=O. The Labute approximate surface area is 70.5 Å². The molecule has 0 saturated carbocycles. The fourth-order valence-corrected chi connectivity index (χ4v) is 1.15. The minimum absolute atomic E-state index is 0.665. The van der Waals surface area contributed by atoms with Crippen LogP contribution in [0.2, 0.25) is 0 Å². The van der Waals surface area contributed by atoms with Crippen LogP contribution in [0.15, 0.2) is 0 Å². The standard InChI is InChI=1S/C7H17NO2S/c1-3-4-5-6-7-8(2)11(9)10/h11H,3-7H2,1-2H3. The van der Waals surface area contributed by atoms with Gasteiger partial charge in [0.25, 0.3) is 0 Å². The molecule has 0 aromatic carbocycles. The summed E-state index contributed by atoms with van der Waals surface area (Å²) in [6.45, 7) is 2.80. The molecule has 68 valence electrons. The monoisotopic (exact) mass is 179 g/mol. The Morgan fingerprint density at radius 3 is 2.27 bits per heavy atom. The Balaban J connectivity index is 3.24. The van der Waals surface area contributed by atoms with Gasteiger partial charge in [-0.25, -0.2) is 12.7 Å². The average molecular weight is 179 g/mol. The Hall–Kier alpha value is -0.0900. The zero-order valence-electron chi connectivity index (χ0n) is 7.25. The van der Waals surface area contributed by atoms with Gasteiger partial charge in [0.15, 0.2) is 0 Å². The normalized spacial score (nSPS) is 11.3. The first-order chi connectivity index (χ1) is 5.18. The van der Waals surface area contributed by atoms with E-state index in [9.17, 15) is 8.42 Å². The van der Waals surface area contributed by atoms with Crippen molar-refractivity contribution in [2.45, 2.75) is 32.6 Å². The third kappa shape index (κ3) is 6.31. The maximum Gasteiger partial charge on any atom is 0.203 e. The lowest BCUT2D eigenvalue weighted by Gasteiger charge is -2.06. The lowest BCUT2D eigenvalue weighted by Crippen LogP contribution is -2.17. The van der Waals surface area contributed by atoms with E-state index in [1.807, 2.05) is 0 Å². The smallest absolute Gasteiger partial charge is 0.203 e. The number of rotatable bonds is 6. The van der Waals surface area contributed by atoms with Gasteiger partial charge in [0, 0.05) is 13.6 Å². The minimum atomic E-state index is -2.35. The highest BCUT2D eigenvalue weighted by molar-refractivity contribution is 7.69. The molecule has 0 radical (unpaired) electrons. The summed E-state index contributed by atoms with van der Waals surface area (Å²) in [6.07, 6.45) is 4.49. The van der Waals surface area contributed by atoms with Crippen LogP contribution in [0.25, 0.3) is 0 Å². The molecule has 0 unspecified atom stereocenters. The zero-order chi connectivity index (χ0) is 8.69. The van der Waals surface area contributed by atoms with Crippen molar-refractivity contribution < 1.29 is 8.42 Å². The molecule has 0 N–H and O–H groups in total. The van der Waals surface area contributed by atoms with Gasteiger partial charge in [0.2, 0.25) is 10.9 Å². The molecule has 0 amide bonds. The van der Waals surface area contributed by atoms with Gasteiger partial charge in [-0.2, -0.15) is 0 Å². The zero-order valence-corrected chi connectivity index (χ0v) is 8.14. The van der Waals surface area contributed by atoms with Crippen molar-refractivity contribution in [3.8, 4) is 0 Å². The summed E-state index contributed by atoms with van der Waals surface area (Å²) in [7, 11) is -0.740. The average Bonchev–Trinajstić information content (AvgIpc) is 1.97. The maximum atomic E-state index is 10.3. The van der Waals surface area contributed by atoms with Crippen LogP contribution in [-0.2, 0) is 10.9 Å². The molecule has 0 atom stereocenters. The molecule has 0 bridgehead atoms. The first kappa shape index (κ1) is 10.9. The molecule has 0 rings (SSSR count). The van der Waals surface area contributed by atoms with Gasteiger partial charge >= 0.3 is 0 Å². The number of hydrogen-bond acceptors (Lipinski definition) is 2. The molecular weight excluding hydrogens is 162 g/mol. The van der Waals surface area contributed by atoms with E-state index in [1.165, 1.54) is 17.1 Å². The lowest BCUT2D eigenvalue weighted by molar-refractivity contribution is 0.467. The van der Waals surface area contributed by atoms with E-state index in [0.29, 0.717) is 6.54 Å². The van der Waals surface area contributed by atoms with E-state index in [4.69, 9.17) is 0 Å². The van der Waals surface area contributed by atoms with Crippen LogP contribution in [0.3, 0.4) is 0 Å². The van der Waals surface area contributed by atoms with Gasteiger partial charge < -0.3 is 0 Å². The van der Waals surface area contributed by atoms with Crippen molar-refractivity contribution in [2.24, 2.45) is 0 Å². The second kappa shape index (κ2) is 6.61. The summed E-state index contributed by atoms with van der Waals surface area (Å²) in [5.74, 6) is 0. The molecule has 4 heteroatoms. The fourth-order valence-electron chi connectivity index (χ4n) is 0.849. The third-order valence-corrected chi connectivity index (χ3v) is 2.37. The van der Waals surface area contributed by atoms with Gasteiger partial charge in [-0.05, 0) is 6.42 Å². The Bertz CT molecular complexity index is 149. The Morgan fingerprint density at radius 2 is 1.82 bits per heavy atom. The topological polar surface area (TPSA) is 37.4 Å². The van der Waals surface area contributed by atoms with Crippen molar-refractivity contribution in [2.75, 3.05) is 13.6 Å². The number of unbranched alkanes of at least 4 members (excludes halogenated alkanes) is 3. The largest absolute Gasteiger partial charge is 0.215 e. The maximum absolute atomic E-state index is 10.3. The molecule has 0 heterocycles. The van der Waals surface area contributed by atoms with Gasteiger partial charge in [-0.15, -0.1) is 0 Å². The van der Waals surface area contributed by atoms with Crippen LogP contribution in [0, 0.1) is 0 Å². The van der Waals surface area contributed by atoms with Crippen molar-refractivity contribution in [1.82, 2.24) is 4.31 Å². The van der Waals surface area contributed by atoms with Crippen molar-refractivity contribution >= 4 is 10.9 Å². The highest BCUT2D eigenvalue weighted by atomic mass is 32.2.